The molecule has 1 aromatic heterocycles. The summed E-state index contributed by atoms with van der Waals surface area (Å²) in [6, 6.07) is 10.3. The fraction of sp³-hybridized carbons (Fsp3) is 0.474. The largest absolute Gasteiger partial charge is 0.497 e. The van der Waals surface area contributed by atoms with Gasteiger partial charge in [-0.1, -0.05) is 6.07 Å². The summed E-state index contributed by atoms with van der Waals surface area (Å²) >= 11 is 0. The van der Waals surface area contributed by atoms with Gasteiger partial charge in [-0.05, 0) is 49.4 Å². The van der Waals surface area contributed by atoms with E-state index in [0.717, 1.165) is 55.5 Å². The second-order valence-electron chi connectivity index (χ2n) is 6.64. The topological polar surface area (TPSA) is 47.5 Å². The summed E-state index contributed by atoms with van der Waals surface area (Å²) in [6.45, 7) is 2.92. The molecular formula is C19H23N3O2. The lowest BCUT2D eigenvalue weighted by Crippen LogP contribution is -2.24. The molecule has 1 unspecified atom stereocenters. The van der Waals surface area contributed by atoms with Gasteiger partial charge in [-0.2, -0.15) is 5.10 Å². The molecular weight excluding hydrogens is 302 g/mol. The van der Waals surface area contributed by atoms with Crippen LogP contribution >= 0.6 is 0 Å². The average molecular weight is 325 g/mol. The molecule has 0 bridgehead atoms. The third-order valence-electron chi connectivity index (χ3n) is 4.89. The van der Waals surface area contributed by atoms with Crippen molar-refractivity contribution in [3.8, 4) is 11.5 Å². The van der Waals surface area contributed by atoms with Gasteiger partial charge in [-0.15, -0.1) is 5.10 Å². The maximum Gasteiger partial charge on any atom is 0.151 e. The number of hydrogen-bond donors (Lipinski definition) is 0. The van der Waals surface area contributed by atoms with E-state index in [2.05, 4.69) is 33.3 Å². The minimum atomic E-state index is 0.442. The smallest absolute Gasteiger partial charge is 0.151 e. The fourth-order valence-corrected chi connectivity index (χ4v) is 3.55. The molecule has 0 aliphatic carbocycles. The molecule has 24 heavy (non-hydrogen) atoms. The van der Waals surface area contributed by atoms with E-state index in [4.69, 9.17) is 9.47 Å². The molecule has 1 atom stereocenters. The second kappa shape index (κ2) is 6.67. The van der Waals surface area contributed by atoms with Gasteiger partial charge in [0.05, 0.1) is 19.4 Å². The summed E-state index contributed by atoms with van der Waals surface area (Å²) in [4.78, 5) is 2.31. The summed E-state index contributed by atoms with van der Waals surface area (Å²) in [7, 11) is 1.68. The van der Waals surface area contributed by atoms with Crippen molar-refractivity contribution in [2.24, 2.45) is 5.92 Å². The first-order valence-electron chi connectivity index (χ1n) is 8.69. The van der Waals surface area contributed by atoms with E-state index < -0.39 is 0 Å². The first kappa shape index (κ1) is 15.2. The zero-order chi connectivity index (χ0) is 16.4. The second-order valence-corrected chi connectivity index (χ2v) is 6.64. The number of benzene rings is 1. The Balaban J connectivity index is 1.40. The number of anilines is 1. The van der Waals surface area contributed by atoms with Crippen molar-refractivity contribution in [2.45, 2.75) is 25.7 Å². The lowest BCUT2D eigenvalue weighted by atomic mass is 9.92. The van der Waals surface area contributed by atoms with Gasteiger partial charge in [0.2, 0.25) is 0 Å². The van der Waals surface area contributed by atoms with Crippen LogP contribution < -0.4 is 14.4 Å². The van der Waals surface area contributed by atoms with E-state index in [1.165, 1.54) is 18.4 Å². The Morgan fingerprint density at radius 3 is 2.79 bits per heavy atom. The highest BCUT2D eigenvalue weighted by molar-refractivity contribution is 5.42. The maximum atomic E-state index is 5.92. The quantitative estimate of drug-likeness (QED) is 0.865. The molecule has 4 rings (SSSR count). The lowest BCUT2D eigenvalue weighted by molar-refractivity contribution is 0.219. The first-order valence-corrected chi connectivity index (χ1v) is 8.69. The van der Waals surface area contributed by atoms with Gasteiger partial charge in [0.25, 0.3) is 0 Å². The molecule has 5 nitrogen and oxygen atoms in total. The maximum absolute atomic E-state index is 5.92. The third-order valence-corrected chi connectivity index (χ3v) is 4.89. The van der Waals surface area contributed by atoms with Gasteiger partial charge in [-0.3, -0.25) is 0 Å². The average Bonchev–Trinajstić information content (AvgIpc) is 3.16. The third kappa shape index (κ3) is 3.16. The Labute approximate surface area is 142 Å². The van der Waals surface area contributed by atoms with Crippen molar-refractivity contribution in [3.63, 3.8) is 0 Å². The Hall–Kier alpha value is -2.30. The van der Waals surface area contributed by atoms with Crippen molar-refractivity contribution in [2.75, 3.05) is 31.7 Å². The SMILES string of the molecule is COc1ccc2c(c1)OCC(Cc1ccc(N3CCCC3)nn1)C2. The first-order chi connectivity index (χ1) is 11.8. The van der Waals surface area contributed by atoms with Crippen molar-refractivity contribution in [3.05, 3.63) is 41.6 Å². The van der Waals surface area contributed by atoms with Crippen LogP contribution in [0, 0.1) is 5.92 Å². The molecule has 0 spiro atoms. The van der Waals surface area contributed by atoms with Crippen LogP contribution in [0.2, 0.25) is 0 Å². The van der Waals surface area contributed by atoms with E-state index >= 15 is 0 Å². The summed E-state index contributed by atoms with van der Waals surface area (Å²) in [5, 5.41) is 8.85. The van der Waals surface area contributed by atoms with Gasteiger partial charge in [0.1, 0.15) is 11.5 Å². The number of hydrogen-bond acceptors (Lipinski definition) is 5. The molecule has 0 saturated carbocycles. The Morgan fingerprint density at radius 2 is 2.04 bits per heavy atom. The summed E-state index contributed by atoms with van der Waals surface area (Å²) in [5.74, 6) is 3.24. The number of aromatic nitrogens is 2. The normalized spacial score (nSPS) is 19.7. The van der Waals surface area contributed by atoms with Gasteiger partial charge >= 0.3 is 0 Å². The van der Waals surface area contributed by atoms with Crippen molar-refractivity contribution >= 4 is 5.82 Å². The molecule has 5 heteroatoms. The number of fused-ring (bicyclic) bond motifs is 1. The molecule has 2 aliphatic rings. The standard InChI is InChI=1S/C19H23N3O2/c1-23-17-6-4-15-10-14(13-24-18(15)12-17)11-16-5-7-19(21-20-16)22-8-2-3-9-22/h4-7,12,14H,2-3,8-11,13H2,1H3. The van der Waals surface area contributed by atoms with Crippen LogP contribution in [-0.2, 0) is 12.8 Å². The Kier molecular flexibility index (Phi) is 4.24. The summed E-state index contributed by atoms with van der Waals surface area (Å²) in [6.07, 6.45) is 4.42. The highest BCUT2D eigenvalue weighted by Gasteiger charge is 2.21. The molecule has 1 saturated heterocycles. The van der Waals surface area contributed by atoms with Crippen LogP contribution in [0.1, 0.15) is 24.1 Å². The van der Waals surface area contributed by atoms with Crippen LogP contribution in [0.3, 0.4) is 0 Å². The molecule has 126 valence electrons. The summed E-state index contributed by atoms with van der Waals surface area (Å²) in [5.41, 5.74) is 2.29. The predicted octanol–water partition coefficient (Wildman–Crippen LogP) is 2.88. The van der Waals surface area contributed by atoms with Gasteiger partial charge in [0.15, 0.2) is 5.82 Å². The molecule has 2 aliphatic heterocycles. The van der Waals surface area contributed by atoms with E-state index in [0.29, 0.717) is 5.92 Å². The van der Waals surface area contributed by atoms with Crippen LogP contribution in [0.5, 0.6) is 11.5 Å². The molecule has 0 amide bonds. The van der Waals surface area contributed by atoms with E-state index in [9.17, 15) is 0 Å². The molecule has 1 fully saturated rings. The Morgan fingerprint density at radius 1 is 1.17 bits per heavy atom. The van der Waals surface area contributed by atoms with E-state index in [1.54, 1.807) is 7.11 Å². The van der Waals surface area contributed by atoms with Crippen LogP contribution in [-0.4, -0.2) is 37.0 Å². The highest BCUT2D eigenvalue weighted by Crippen LogP contribution is 2.32. The number of nitrogens with zero attached hydrogens (tertiary/aromatic N) is 3. The lowest BCUT2D eigenvalue weighted by Gasteiger charge is -2.25. The van der Waals surface area contributed by atoms with Gasteiger partial charge < -0.3 is 14.4 Å². The molecule has 0 N–H and O–H groups in total. The predicted molar refractivity (Wildman–Crippen MR) is 92.9 cm³/mol. The zero-order valence-electron chi connectivity index (χ0n) is 14.1. The van der Waals surface area contributed by atoms with Crippen LogP contribution in [0.15, 0.2) is 30.3 Å². The van der Waals surface area contributed by atoms with Crippen molar-refractivity contribution in [1.82, 2.24) is 10.2 Å². The van der Waals surface area contributed by atoms with Crippen molar-refractivity contribution in [1.29, 1.82) is 0 Å². The van der Waals surface area contributed by atoms with Crippen molar-refractivity contribution < 1.29 is 9.47 Å². The van der Waals surface area contributed by atoms with Crippen LogP contribution in [0.25, 0.3) is 0 Å². The van der Waals surface area contributed by atoms with E-state index in [1.807, 2.05) is 12.1 Å². The molecule has 1 aromatic carbocycles. The van der Waals surface area contributed by atoms with Gasteiger partial charge in [-0.25, -0.2) is 0 Å². The molecule has 2 aromatic rings. The zero-order valence-corrected chi connectivity index (χ0v) is 14.1. The monoisotopic (exact) mass is 325 g/mol. The van der Waals surface area contributed by atoms with Gasteiger partial charge in [0, 0.05) is 25.1 Å². The van der Waals surface area contributed by atoms with E-state index in [-0.39, 0.29) is 0 Å². The Bertz CT molecular complexity index is 696. The summed E-state index contributed by atoms with van der Waals surface area (Å²) < 4.78 is 11.2. The molecule has 0 radical (unpaired) electrons. The number of ether oxygens (including phenoxy) is 2. The minimum absolute atomic E-state index is 0.442. The fourth-order valence-electron chi connectivity index (χ4n) is 3.55. The number of rotatable bonds is 4. The van der Waals surface area contributed by atoms with Crippen LogP contribution in [0.4, 0.5) is 5.82 Å². The number of methoxy groups -OCH3 is 1. The highest BCUT2D eigenvalue weighted by atomic mass is 16.5. The minimum Gasteiger partial charge on any atom is -0.497 e. The molecule has 3 heterocycles.